The second-order valence-corrected chi connectivity index (χ2v) is 4.18. The van der Waals surface area contributed by atoms with Gasteiger partial charge in [0.2, 0.25) is 5.91 Å². The first kappa shape index (κ1) is 12.2. The zero-order valence-corrected chi connectivity index (χ0v) is 10.7. The fourth-order valence-corrected chi connectivity index (χ4v) is 1.99. The summed E-state index contributed by atoms with van der Waals surface area (Å²) in [5, 5.41) is 9.87. The van der Waals surface area contributed by atoms with Crippen molar-refractivity contribution in [3.8, 4) is 11.5 Å². The van der Waals surface area contributed by atoms with Crippen LogP contribution in [0.1, 0.15) is 0 Å². The molecule has 0 aliphatic rings. The van der Waals surface area contributed by atoms with E-state index in [4.69, 9.17) is 5.73 Å². The minimum atomic E-state index is -0.149. The predicted octanol–water partition coefficient (Wildman–Crippen LogP) is 0.414. The number of hydrogen-bond donors (Lipinski definition) is 2. The van der Waals surface area contributed by atoms with Gasteiger partial charge in [-0.3, -0.25) is 4.79 Å². The van der Waals surface area contributed by atoms with Crippen molar-refractivity contribution < 1.29 is 9.42 Å². The Bertz CT molecular complexity index is 775. The maximum Gasteiger partial charge on any atom is 0.239 e. The number of rotatable bonds is 3. The van der Waals surface area contributed by atoms with Crippen LogP contribution in [0.3, 0.4) is 0 Å². The second-order valence-electron chi connectivity index (χ2n) is 4.18. The summed E-state index contributed by atoms with van der Waals surface area (Å²) < 4.78 is 6.33. The highest BCUT2D eigenvalue weighted by Crippen LogP contribution is 2.26. The normalized spacial score (nSPS) is 10.8. The topological polar surface area (TPSA) is 112 Å². The minimum absolute atomic E-state index is 0.110. The molecule has 0 atom stereocenters. The molecule has 3 rings (SSSR count). The molecule has 0 fully saturated rings. The van der Waals surface area contributed by atoms with Crippen LogP contribution in [-0.4, -0.2) is 32.8 Å². The molecule has 8 nitrogen and oxygen atoms in total. The van der Waals surface area contributed by atoms with Crippen LogP contribution in [0.4, 0.5) is 5.82 Å². The third-order valence-electron chi connectivity index (χ3n) is 2.96. The van der Waals surface area contributed by atoms with Crippen molar-refractivity contribution in [2.45, 2.75) is 6.54 Å². The Morgan fingerprint density at radius 2 is 2.20 bits per heavy atom. The summed E-state index contributed by atoms with van der Waals surface area (Å²) >= 11 is 0. The van der Waals surface area contributed by atoms with Gasteiger partial charge in [-0.15, -0.1) is 0 Å². The van der Waals surface area contributed by atoms with Gasteiger partial charge < -0.3 is 15.6 Å². The number of likely N-dealkylation sites (N-methyl/N-ethyl adjacent to an activating group) is 1. The molecule has 0 saturated carbocycles. The molecule has 0 spiro atoms. The Balaban J connectivity index is 2.22. The number of para-hydroxylation sites is 2. The summed E-state index contributed by atoms with van der Waals surface area (Å²) in [7, 11) is 1.58. The molecule has 102 valence electrons. The number of hydrogen-bond acceptors (Lipinski definition) is 6. The number of fused-ring (bicyclic) bond motifs is 1. The molecular formula is C12H12N6O2. The lowest BCUT2D eigenvalue weighted by molar-refractivity contribution is -0.121. The number of nitrogens with zero attached hydrogens (tertiary/aromatic N) is 4. The van der Waals surface area contributed by atoms with Crippen LogP contribution >= 0.6 is 0 Å². The number of imidazole rings is 1. The number of anilines is 1. The Morgan fingerprint density at radius 1 is 1.40 bits per heavy atom. The fraction of sp³-hybridized carbons (Fsp3) is 0.167. The maximum absolute atomic E-state index is 11.7. The average molecular weight is 272 g/mol. The molecular weight excluding hydrogens is 260 g/mol. The van der Waals surface area contributed by atoms with Gasteiger partial charge in [0, 0.05) is 7.05 Å². The lowest BCUT2D eigenvalue weighted by Gasteiger charge is -2.06. The van der Waals surface area contributed by atoms with Crippen LogP contribution in [0.25, 0.3) is 22.6 Å². The molecule has 0 saturated heterocycles. The lowest BCUT2D eigenvalue weighted by Crippen LogP contribution is -2.23. The first-order valence-corrected chi connectivity index (χ1v) is 5.95. The van der Waals surface area contributed by atoms with E-state index in [0.717, 1.165) is 11.0 Å². The van der Waals surface area contributed by atoms with E-state index < -0.39 is 0 Å². The van der Waals surface area contributed by atoms with Crippen molar-refractivity contribution in [1.29, 1.82) is 0 Å². The number of amides is 1. The highest BCUT2D eigenvalue weighted by Gasteiger charge is 2.20. The molecule has 2 aromatic heterocycles. The van der Waals surface area contributed by atoms with Crippen molar-refractivity contribution in [2.75, 3.05) is 12.8 Å². The van der Waals surface area contributed by atoms with E-state index in [1.807, 2.05) is 24.3 Å². The van der Waals surface area contributed by atoms with E-state index in [1.165, 1.54) is 0 Å². The van der Waals surface area contributed by atoms with Crippen molar-refractivity contribution in [2.24, 2.45) is 0 Å². The van der Waals surface area contributed by atoms with Gasteiger partial charge >= 0.3 is 0 Å². The van der Waals surface area contributed by atoms with Crippen LogP contribution in [0.15, 0.2) is 28.9 Å². The summed E-state index contributed by atoms with van der Waals surface area (Å²) in [6.07, 6.45) is 0. The summed E-state index contributed by atoms with van der Waals surface area (Å²) in [6.45, 7) is 0.110. The van der Waals surface area contributed by atoms with Gasteiger partial charge in [-0.05, 0) is 22.4 Å². The van der Waals surface area contributed by atoms with Gasteiger partial charge in [-0.25, -0.2) is 9.61 Å². The Morgan fingerprint density at radius 3 is 2.90 bits per heavy atom. The SMILES string of the molecule is CNC(=O)Cn1c(-c2nonc2N)nc2ccccc21. The number of nitrogens with one attached hydrogen (secondary N) is 1. The van der Waals surface area contributed by atoms with Crippen LogP contribution in [0.2, 0.25) is 0 Å². The number of nitrogens with two attached hydrogens (primary N) is 1. The van der Waals surface area contributed by atoms with E-state index in [2.05, 4.69) is 25.2 Å². The van der Waals surface area contributed by atoms with Crippen molar-refractivity contribution >= 4 is 22.8 Å². The smallest absolute Gasteiger partial charge is 0.239 e. The molecule has 1 amide bonds. The lowest BCUT2D eigenvalue weighted by atomic mass is 10.3. The van der Waals surface area contributed by atoms with Crippen molar-refractivity contribution in [3.63, 3.8) is 0 Å². The molecule has 8 heteroatoms. The fourth-order valence-electron chi connectivity index (χ4n) is 1.99. The van der Waals surface area contributed by atoms with E-state index in [1.54, 1.807) is 11.6 Å². The molecule has 0 unspecified atom stereocenters. The van der Waals surface area contributed by atoms with Crippen LogP contribution in [-0.2, 0) is 11.3 Å². The molecule has 3 aromatic rings. The third-order valence-corrected chi connectivity index (χ3v) is 2.96. The average Bonchev–Trinajstić information content (AvgIpc) is 3.03. The van der Waals surface area contributed by atoms with Gasteiger partial charge in [-0.2, -0.15) is 0 Å². The molecule has 0 radical (unpaired) electrons. The Hall–Kier alpha value is -2.90. The number of nitrogen functional groups attached to an aromatic ring is 1. The second kappa shape index (κ2) is 4.65. The van der Waals surface area contributed by atoms with E-state index >= 15 is 0 Å². The highest BCUT2D eigenvalue weighted by molar-refractivity contribution is 5.85. The van der Waals surface area contributed by atoms with Gasteiger partial charge in [0.05, 0.1) is 11.0 Å². The monoisotopic (exact) mass is 272 g/mol. The zero-order chi connectivity index (χ0) is 14.1. The first-order chi connectivity index (χ1) is 9.70. The molecule has 2 heterocycles. The van der Waals surface area contributed by atoms with E-state index in [-0.39, 0.29) is 18.3 Å². The zero-order valence-electron chi connectivity index (χ0n) is 10.7. The molecule has 0 aliphatic carbocycles. The molecule has 0 bridgehead atoms. The quantitative estimate of drug-likeness (QED) is 0.714. The van der Waals surface area contributed by atoms with Crippen LogP contribution < -0.4 is 11.1 Å². The summed E-state index contributed by atoms with van der Waals surface area (Å²) in [6, 6.07) is 7.47. The van der Waals surface area contributed by atoms with Crippen molar-refractivity contribution in [1.82, 2.24) is 25.2 Å². The van der Waals surface area contributed by atoms with Gasteiger partial charge in [0.15, 0.2) is 17.3 Å². The van der Waals surface area contributed by atoms with Gasteiger partial charge in [0.1, 0.15) is 6.54 Å². The Labute approximate surface area is 113 Å². The third kappa shape index (κ3) is 1.87. The summed E-state index contributed by atoms with van der Waals surface area (Å²) in [4.78, 5) is 16.1. The van der Waals surface area contributed by atoms with Gasteiger partial charge in [0.25, 0.3) is 0 Å². The maximum atomic E-state index is 11.7. The van der Waals surface area contributed by atoms with Gasteiger partial charge in [-0.1, -0.05) is 12.1 Å². The summed E-state index contributed by atoms with van der Waals surface area (Å²) in [5.41, 5.74) is 7.59. The largest absolute Gasteiger partial charge is 0.379 e. The number of carbonyl (C=O) groups excluding carboxylic acids is 1. The number of carbonyl (C=O) groups is 1. The highest BCUT2D eigenvalue weighted by atomic mass is 16.6. The number of aromatic nitrogens is 4. The predicted molar refractivity (Wildman–Crippen MR) is 71.5 cm³/mol. The Kier molecular flexibility index (Phi) is 2.82. The first-order valence-electron chi connectivity index (χ1n) is 5.95. The molecule has 0 aliphatic heterocycles. The molecule has 1 aromatic carbocycles. The minimum Gasteiger partial charge on any atom is -0.379 e. The van der Waals surface area contributed by atoms with Crippen molar-refractivity contribution in [3.05, 3.63) is 24.3 Å². The van der Waals surface area contributed by atoms with Crippen LogP contribution in [0.5, 0.6) is 0 Å². The summed E-state index contributed by atoms with van der Waals surface area (Å²) in [5.74, 6) is 0.441. The van der Waals surface area contributed by atoms with E-state index in [0.29, 0.717) is 11.5 Å². The standard InChI is InChI=1S/C12H12N6O2/c1-14-9(19)6-18-8-5-3-2-4-7(8)15-12(18)10-11(13)17-20-16-10/h2-5H,6H2,1H3,(H2,13,17)(H,14,19). The molecule has 3 N–H and O–H groups in total. The van der Waals surface area contributed by atoms with Crippen LogP contribution in [0, 0.1) is 0 Å². The molecule has 20 heavy (non-hydrogen) atoms. The number of benzene rings is 1. The van der Waals surface area contributed by atoms with E-state index in [9.17, 15) is 4.79 Å².